The first-order valence-corrected chi connectivity index (χ1v) is 25.3. The number of hydrogen-bond acceptors (Lipinski definition) is 8. The molecule has 0 saturated carbocycles. The summed E-state index contributed by atoms with van der Waals surface area (Å²) >= 11 is 0. The molecule has 0 aliphatic carbocycles. The number of aliphatic hydroxyl groups excluding tert-OH is 5. The maximum Gasteiger partial charge on any atom is 0.220 e. The maximum atomic E-state index is 13.0. The maximum absolute atomic E-state index is 13.0. The largest absolute Gasteiger partial charge is 0.394 e. The summed E-state index contributed by atoms with van der Waals surface area (Å²) in [5.41, 5.74) is 0. The molecule has 63 heavy (non-hydrogen) atoms. The predicted octanol–water partition coefficient (Wildman–Crippen LogP) is 11.5. The van der Waals surface area contributed by atoms with Gasteiger partial charge in [0, 0.05) is 6.42 Å². The molecule has 0 radical (unpaired) electrons. The van der Waals surface area contributed by atoms with Gasteiger partial charge in [-0.15, -0.1) is 0 Å². The normalized spacial score (nSPS) is 20.9. The van der Waals surface area contributed by atoms with Gasteiger partial charge in [-0.2, -0.15) is 0 Å². The summed E-state index contributed by atoms with van der Waals surface area (Å²) in [7, 11) is 0. The molecule has 1 aliphatic heterocycles. The first-order chi connectivity index (χ1) is 30.8. The van der Waals surface area contributed by atoms with Gasteiger partial charge in [-0.25, -0.2) is 0 Å². The number of carbonyl (C=O) groups excluding carboxylic acids is 1. The Balaban J connectivity index is 2.24. The Morgan fingerprint density at radius 3 is 1.52 bits per heavy atom. The predicted molar refractivity (Wildman–Crippen MR) is 262 cm³/mol. The smallest absolute Gasteiger partial charge is 0.220 e. The zero-order chi connectivity index (χ0) is 45.9. The van der Waals surface area contributed by atoms with Crippen LogP contribution in [0.1, 0.15) is 194 Å². The molecule has 362 valence electrons. The van der Waals surface area contributed by atoms with E-state index < -0.39 is 49.5 Å². The molecular formula is C54H93NO8. The van der Waals surface area contributed by atoms with E-state index in [2.05, 4.69) is 92.1 Å². The number of rotatable bonds is 41. The van der Waals surface area contributed by atoms with Gasteiger partial charge in [-0.3, -0.25) is 4.79 Å². The second kappa shape index (κ2) is 43.3. The fourth-order valence-electron chi connectivity index (χ4n) is 7.41. The summed E-state index contributed by atoms with van der Waals surface area (Å²) in [6.45, 7) is 3.59. The average Bonchev–Trinajstić information content (AvgIpc) is 3.28. The van der Waals surface area contributed by atoms with E-state index in [-0.39, 0.29) is 12.5 Å². The molecule has 0 aromatic carbocycles. The highest BCUT2D eigenvalue weighted by Gasteiger charge is 2.44. The molecule has 0 aromatic rings. The zero-order valence-electron chi connectivity index (χ0n) is 39.8. The summed E-state index contributed by atoms with van der Waals surface area (Å²) in [5, 5.41) is 54.2. The van der Waals surface area contributed by atoms with Gasteiger partial charge in [-0.1, -0.05) is 189 Å². The summed E-state index contributed by atoms with van der Waals surface area (Å²) in [4.78, 5) is 13.0. The lowest BCUT2D eigenvalue weighted by atomic mass is 9.99. The Labute approximate surface area is 384 Å². The van der Waals surface area contributed by atoms with Crippen LogP contribution < -0.4 is 5.32 Å². The molecule has 9 heteroatoms. The molecule has 9 nitrogen and oxygen atoms in total. The first kappa shape index (κ1) is 58.4. The minimum atomic E-state index is -1.58. The number of ether oxygens (including phenoxy) is 2. The lowest BCUT2D eigenvalue weighted by Crippen LogP contribution is -2.60. The number of carbonyl (C=O) groups is 1. The van der Waals surface area contributed by atoms with Crippen molar-refractivity contribution in [3.63, 3.8) is 0 Å². The molecule has 6 N–H and O–H groups in total. The van der Waals surface area contributed by atoms with E-state index in [1.165, 1.54) is 96.3 Å². The summed E-state index contributed by atoms with van der Waals surface area (Å²) in [5.74, 6) is -0.196. The van der Waals surface area contributed by atoms with Crippen LogP contribution >= 0.6 is 0 Å². The minimum Gasteiger partial charge on any atom is -0.394 e. The van der Waals surface area contributed by atoms with Crippen LogP contribution in [0.4, 0.5) is 0 Å². The van der Waals surface area contributed by atoms with Crippen LogP contribution in [0.5, 0.6) is 0 Å². The highest BCUT2D eigenvalue weighted by molar-refractivity contribution is 5.76. The Bertz CT molecular complexity index is 1260. The molecule has 0 spiro atoms. The lowest BCUT2D eigenvalue weighted by Gasteiger charge is -2.40. The Kier molecular flexibility index (Phi) is 40.1. The van der Waals surface area contributed by atoms with E-state index in [0.717, 1.165) is 77.0 Å². The van der Waals surface area contributed by atoms with Crippen LogP contribution in [0.3, 0.4) is 0 Å². The van der Waals surface area contributed by atoms with Crippen molar-refractivity contribution in [1.29, 1.82) is 0 Å². The van der Waals surface area contributed by atoms with Crippen molar-refractivity contribution < 1.29 is 39.8 Å². The monoisotopic (exact) mass is 884 g/mol. The van der Waals surface area contributed by atoms with Crippen molar-refractivity contribution in [2.45, 2.75) is 236 Å². The highest BCUT2D eigenvalue weighted by Crippen LogP contribution is 2.22. The van der Waals surface area contributed by atoms with Crippen LogP contribution in [0, 0.1) is 0 Å². The average molecular weight is 884 g/mol. The van der Waals surface area contributed by atoms with Gasteiger partial charge in [-0.05, 0) is 83.5 Å². The van der Waals surface area contributed by atoms with Crippen molar-refractivity contribution in [1.82, 2.24) is 5.32 Å². The van der Waals surface area contributed by atoms with Gasteiger partial charge < -0.3 is 40.3 Å². The fourth-order valence-corrected chi connectivity index (χ4v) is 7.41. The minimum absolute atomic E-state index is 0.196. The zero-order valence-corrected chi connectivity index (χ0v) is 39.8. The van der Waals surface area contributed by atoms with Crippen LogP contribution in [0.2, 0.25) is 0 Å². The van der Waals surface area contributed by atoms with Crippen LogP contribution in [-0.4, -0.2) is 87.5 Å². The van der Waals surface area contributed by atoms with Crippen LogP contribution in [0.25, 0.3) is 0 Å². The number of unbranched alkanes of at least 4 members (excludes halogenated alkanes) is 19. The van der Waals surface area contributed by atoms with Gasteiger partial charge in [0.25, 0.3) is 0 Å². The number of amides is 1. The fraction of sp³-hybridized carbons (Fsp3) is 0.722. The topological polar surface area (TPSA) is 149 Å². The first-order valence-electron chi connectivity index (χ1n) is 25.3. The molecule has 7 atom stereocenters. The second-order valence-corrected chi connectivity index (χ2v) is 17.2. The van der Waals surface area contributed by atoms with Gasteiger partial charge >= 0.3 is 0 Å². The van der Waals surface area contributed by atoms with Crippen LogP contribution in [-0.2, 0) is 14.3 Å². The number of hydrogen-bond donors (Lipinski definition) is 6. The SMILES string of the molecule is CC/C=C\C/C=C\C/C=C\C/C=C\CCCCCCCCCCCCCCCCC(=O)NC(COC1OC(CO)C(O)C(O)C1O)C(O)/C=C/CC/C=C/CC/C=C/CCCCC. The van der Waals surface area contributed by atoms with Gasteiger partial charge in [0.15, 0.2) is 6.29 Å². The number of aliphatic hydroxyl groups is 5. The van der Waals surface area contributed by atoms with Gasteiger partial charge in [0.2, 0.25) is 5.91 Å². The third-order valence-corrected chi connectivity index (χ3v) is 11.4. The van der Waals surface area contributed by atoms with Crippen LogP contribution in [0.15, 0.2) is 85.1 Å². The Morgan fingerprint density at radius 2 is 1.00 bits per heavy atom. The third-order valence-electron chi connectivity index (χ3n) is 11.4. The molecule has 1 saturated heterocycles. The van der Waals surface area contributed by atoms with Crippen molar-refractivity contribution in [2.24, 2.45) is 0 Å². The van der Waals surface area contributed by atoms with E-state index >= 15 is 0 Å². The van der Waals surface area contributed by atoms with E-state index in [9.17, 15) is 30.3 Å². The van der Waals surface area contributed by atoms with E-state index in [1.54, 1.807) is 6.08 Å². The van der Waals surface area contributed by atoms with E-state index in [4.69, 9.17) is 9.47 Å². The van der Waals surface area contributed by atoms with E-state index in [1.807, 2.05) is 6.08 Å². The van der Waals surface area contributed by atoms with Crippen molar-refractivity contribution >= 4 is 5.91 Å². The molecule has 7 unspecified atom stereocenters. The van der Waals surface area contributed by atoms with E-state index in [0.29, 0.717) is 6.42 Å². The quantitative estimate of drug-likeness (QED) is 0.0263. The molecular weight excluding hydrogens is 791 g/mol. The van der Waals surface area contributed by atoms with Crippen molar-refractivity contribution in [2.75, 3.05) is 13.2 Å². The number of allylic oxidation sites excluding steroid dienone is 13. The molecule has 0 aromatic heterocycles. The van der Waals surface area contributed by atoms with Crippen molar-refractivity contribution in [3.05, 3.63) is 85.1 Å². The standard InChI is InChI=1S/C54H93NO8/c1-3-5-7-9-11-13-15-17-18-19-20-21-22-23-24-25-26-27-28-29-30-32-34-36-38-40-42-44-50(58)55-47(46-62-54-53(61)52(60)51(59)49(45-56)63-54)48(57)43-41-39-37-35-33-31-16-14-12-10-8-6-4-2/h5,7,11-14,17-18,20-21,33,35,41,43,47-49,51-54,56-57,59-61H,3-4,6,8-10,15-16,19,22-32,34,36-40,42,44-46H2,1-2H3,(H,55,58)/b7-5-,13-11-,14-12+,18-17-,21-20-,35-33+,43-41+. The molecule has 1 rings (SSSR count). The van der Waals surface area contributed by atoms with Crippen molar-refractivity contribution in [3.8, 4) is 0 Å². The second-order valence-electron chi connectivity index (χ2n) is 17.2. The summed E-state index contributed by atoms with van der Waals surface area (Å²) in [6.07, 6.45) is 53.5. The third kappa shape index (κ3) is 33.5. The molecule has 1 amide bonds. The van der Waals surface area contributed by atoms with Gasteiger partial charge in [0.05, 0.1) is 25.4 Å². The highest BCUT2D eigenvalue weighted by atomic mass is 16.7. The molecule has 1 heterocycles. The molecule has 1 aliphatic rings. The number of nitrogens with one attached hydrogen (secondary N) is 1. The van der Waals surface area contributed by atoms with Gasteiger partial charge in [0.1, 0.15) is 24.4 Å². The summed E-state index contributed by atoms with van der Waals surface area (Å²) in [6, 6.07) is -0.831. The Hall–Kier alpha value is -2.63. The lowest BCUT2D eigenvalue weighted by molar-refractivity contribution is -0.302. The molecule has 0 bridgehead atoms. The Morgan fingerprint density at radius 1 is 0.556 bits per heavy atom. The molecule has 1 fully saturated rings. The summed E-state index contributed by atoms with van der Waals surface area (Å²) < 4.78 is 11.2.